The van der Waals surface area contributed by atoms with E-state index in [1.54, 1.807) is 0 Å². The summed E-state index contributed by atoms with van der Waals surface area (Å²) in [6.45, 7) is 6.71. The van der Waals surface area contributed by atoms with Crippen molar-refractivity contribution in [1.82, 2.24) is 9.80 Å². The van der Waals surface area contributed by atoms with Crippen molar-refractivity contribution in [1.29, 1.82) is 0 Å². The molecule has 2 rings (SSSR count). The second-order valence-corrected chi connectivity index (χ2v) is 4.94. The third kappa shape index (κ3) is 3.06. The highest BCUT2D eigenvalue weighted by Crippen LogP contribution is 2.21. The number of benzene rings is 1. The molecule has 0 bridgehead atoms. The second kappa shape index (κ2) is 6.48. The van der Waals surface area contributed by atoms with E-state index in [0.717, 1.165) is 6.54 Å². The molecule has 98 valence electrons. The van der Waals surface area contributed by atoms with E-state index in [4.69, 9.17) is 0 Å². The number of unbranched alkanes of at least 4 members (excludes halogenated alkanes) is 1. The first-order valence-electron chi connectivity index (χ1n) is 7.09. The molecule has 0 saturated carbocycles. The average molecular weight is 244 g/mol. The smallest absolute Gasteiger partial charge is 0.101 e. The Kier molecular flexibility index (Phi) is 4.68. The standard InChI is InChI=1S/C16H24N2/c1-3-5-11-17-12-13-18(16(17)4-2)14-15-9-7-6-8-10-15/h6-10,12-13,16H,3-5,11,14H2,1-2H3. The summed E-state index contributed by atoms with van der Waals surface area (Å²) in [5, 5.41) is 0. The molecule has 0 aliphatic carbocycles. The fourth-order valence-corrected chi connectivity index (χ4v) is 2.55. The van der Waals surface area contributed by atoms with Crippen molar-refractivity contribution in [3.8, 4) is 0 Å². The fraction of sp³-hybridized carbons (Fsp3) is 0.500. The lowest BCUT2D eigenvalue weighted by Gasteiger charge is -2.32. The SMILES string of the molecule is CCCCN1C=CN(Cc2ccccc2)C1CC. The molecular weight excluding hydrogens is 220 g/mol. The van der Waals surface area contributed by atoms with Crippen LogP contribution in [0, 0.1) is 0 Å². The number of nitrogens with zero attached hydrogens (tertiary/aromatic N) is 2. The van der Waals surface area contributed by atoms with Gasteiger partial charge in [0.25, 0.3) is 0 Å². The predicted molar refractivity (Wildman–Crippen MR) is 76.8 cm³/mol. The Morgan fingerprint density at radius 1 is 1.00 bits per heavy atom. The van der Waals surface area contributed by atoms with Crippen LogP contribution < -0.4 is 0 Å². The molecule has 1 unspecified atom stereocenters. The molecule has 2 heteroatoms. The van der Waals surface area contributed by atoms with Crippen LogP contribution >= 0.6 is 0 Å². The van der Waals surface area contributed by atoms with Gasteiger partial charge in [-0.25, -0.2) is 0 Å². The molecule has 1 aliphatic heterocycles. The minimum Gasteiger partial charge on any atom is -0.356 e. The van der Waals surface area contributed by atoms with E-state index in [9.17, 15) is 0 Å². The largest absolute Gasteiger partial charge is 0.356 e. The van der Waals surface area contributed by atoms with Gasteiger partial charge in [-0.1, -0.05) is 50.6 Å². The summed E-state index contributed by atoms with van der Waals surface area (Å²) in [4.78, 5) is 4.93. The highest BCUT2D eigenvalue weighted by atomic mass is 15.4. The highest BCUT2D eigenvalue weighted by Gasteiger charge is 2.23. The van der Waals surface area contributed by atoms with Crippen molar-refractivity contribution < 1.29 is 0 Å². The maximum atomic E-state index is 2.48. The monoisotopic (exact) mass is 244 g/mol. The van der Waals surface area contributed by atoms with Crippen molar-refractivity contribution in [2.45, 2.75) is 45.8 Å². The molecule has 0 N–H and O–H groups in total. The van der Waals surface area contributed by atoms with Crippen LogP contribution in [0.3, 0.4) is 0 Å². The lowest BCUT2D eigenvalue weighted by Crippen LogP contribution is -2.38. The first-order chi connectivity index (χ1) is 8.85. The zero-order valence-corrected chi connectivity index (χ0v) is 11.5. The average Bonchev–Trinajstić information content (AvgIpc) is 2.79. The third-order valence-corrected chi connectivity index (χ3v) is 3.56. The second-order valence-electron chi connectivity index (χ2n) is 4.94. The predicted octanol–water partition coefficient (Wildman–Crippen LogP) is 3.81. The molecular formula is C16H24N2. The van der Waals surface area contributed by atoms with Crippen LogP contribution in [0.1, 0.15) is 38.7 Å². The number of rotatable bonds is 6. The van der Waals surface area contributed by atoms with Gasteiger partial charge in [-0.05, 0) is 18.4 Å². The first kappa shape index (κ1) is 13.0. The van der Waals surface area contributed by atoms with Crippen LogP contribution in [-0.2, 0) is 6.54 Å². The van der Waals surface area contributed by atoms with Gasteiger partial charge >= 0.3 is 0 Å². The Labute approximate surface area is 111 Å². The Balaban J connectivity index is 1.96. The fourth-order valence-electron chi connectivity index (χ4n) is 2.55. The summed E-state index contributed by atoms with van der Waals surface area (Å²) in [6, 6.07) is 10.7. The zero-order chi connectivity index (χ0) is 12.8. The molecule has 0 saturated heterocycles. The van der Waals surface area contributed by atoms with Gasteiger partial charge in [0.2, 0.25) is 0 Å². The summed E-state index contributed by atoms with van der Waals surface area (Å²) >= 11 is 0. The highest BCUT2D eigenvalue weighted by molar-refractivity contribution is 5.15. The van der Waals surface area contributed by atoms with E-state index >= 15 is 0 Å². The van der Waals surface area contributed by atoms with Gasteiger partial charge in [-0.15, -0.1) is 0 Å². The van der Waals surface area contributed by atoms with Crippen molar-refractivity contribution in [2.75, 3.05) is 6.54 Å². The van der Waals surface area contributed by atoms with Gasteiger partial charge in [0, 0.05) is 25.5 Å². The summed E-state index contributed by atoms with van der Waals surface area (Å²) < 4.78 is 0. The normalized spacial score (nSPS) is 18.7. The van der Waals surface area contributed by atoms with Crippen LogP contribution in [0.15, 0.2) is 42.7 Å². The molecule has 0 aromatic heterocycles. The summed E-state index contributed by atoms with van der Waals surface area (Å²) in [5.41, 5.74) is 1.39. The molecule has 1 aliphatic rings. The van der Waals surface area contributed by atoms with Gasteiger partial charge in [-0.3, -0.25) is 0 Å². The number of hydrogen-bond acceptors (Lipinski definition) is 2. The van der Waals surface area contributed by atoms with Crippen LogP contribution in [0.2, 0.25) is 0 Å². The molecule has 0 amide bonds. The van der Waals surface area contributed by atoms with Crippen molar-refractivity contribution in [3.05, 3.63) is 48.3 Å². The van der Waals surface area contributed by atoms with Crippen LogP contribution in [-0.4, -0.2) is 22.5 Å². The van der Waals surface area contributed by atoms with Crippen molar-refractivity contribution >= 4 is 0 Å². The van der Waals surface area contributed by atoms with Gasteiger partial charge in [0.05, 0.1) is 0 Å². The zero-order valence-electron chi connectivity index (χ0n) is 11.5. The van der Waals surface area contributed by atoms with Gasteiger partial charge in [0.1, 0.15) is 6.17 Å². The van der Waals surface area contributed by atoms with E-state index in [0.29, 0.717) is 6.17 Å². The van der Waals surface area contributed by atoms with Gasteiger partial charge in [0.15, 0.2) is 0 Å². The molecule has 0 spiro atoms. The van der Waals surface area contributed by atoms with Gasteiger partial charge < -0.3 is 9.80 Å². The number of hydrogen-bond donors (Lipinski definition) is 0. The third-order valence-electron chi connectivity index (χ3n) is 3.56. The Morgan fingerprint density at radius 2 is 1.72 bits per heavy atom. The summed E-state index contributed by atoms with van der Waals surface area (Å²) in [7, 11) is 0. The maximum absolute atomic E-state index is 2.48. The van der Waals surface area contributed by atoms with Crippen molar-refractivity contribution in [3.63, 3.8) is 0 Å². The maximum Gasteiger partial charge on any atom is 0.101 e. The van der Waals surface area contributed by atoms with Crippen LogP contribution in [0.5, 0.6) is 0 Å². The van der Waals surface area contributed by atoms with Crippen molar-refractivity contribution in [2.24, 2.45) is 0 Å². The summed E-state index contributed by atoms with van der Waals surface area (Å²) in [6.07, 6.45) is 8.75. The Bertz CT molecular complexity index is 372. The van der Waals surface area contributed by atoms with Crippen LogP contribution in [0.25, 0.3) is 0 Å². The van der Waals surface area contributed by atoms with E-state index < -0.39 is 0 Å². The molecule has 18 heavy (non-hydrogen) atoms. The van der Waals surface area contributed by atoms with E-state index in [2.05, 4.69) is 66.4 Å². The first-order valence-corrected chi connectivity index (χ1v) is 7.09. The van der Waals surface area contributed by atoms with Gasteiger partial charge in [-0.2, -0.15) is 0 Å². The van der Waals surface area contributed by atoms with E-state index in [1.807, 2.05) is 0 Å². The molecule has 0 radical (unpaired) electrons. The van der Waals surface area contributed by atoms with E-state index in [1.165, 1.54) is 31.4 Å². The molecule has 1 aromatic carbocycles. The topological polar surface area (TPSA) is 6.48 Å². The molecule has 1 heterocycles. The molecule has 0 fully saturated rings. The summed E-state index contributed by atoms with van der Waals surface area (Å²) in [5.74, 6) is 0. The Morgan fingerprint density at radius 3 is 2.39 bits per heavy atom. The molecule has 1 aromatic rings. The lowest BCUT2D eigenvalue weighted by molar-refractivity contribution is 0.141. The lowest BCUT2D eigenvalue weighted by atomic mass is 10.2. The Hall–Kier alpha value is -1.44. The minimum atomic E-state index is 0.539. The van der Waals surface area contributed by atoms with E-state index in [-0.39, 0.29) is 0 Å². The minimum absolute atomic E-state index is 0.539. The van der Waals surface area contributed by atoms with Crippen LogP contribution in [0.4, 0.5) is 0 Å². The quantitative estimate of drug-likeness (QED) is 0.750. The molecule has 1 atom stereocenters. The molecule has 2 nitrogen and oxygen atoms in total.